The van der Waals surface area contributed by atoms with E-state index in [0.717, 1.165) is 24.2 Å². The zero-order valence-corrected chi connectivity index (χ0v) is 14.9. The zero-order valence-electron chi connectivity index (χ0n) is 14.1. The van der Waals surface area contributed by atoms with Gasteiger partial charge < -0.3 is 4.74 Å². The molecule has 0 bridgehead atoms. The summed E-state index contributed by atoms with van der Waals surface area (Å²) in [6.45, 7) is 0.368. The molecule has 0 spiro atoms. The zero-order chi connectivity index (χ0) is 17.9. The molecule has 0 heterocycles. The van der Waals surface area contributed by atoms with Crippen LogP contribution in [0.5, 0.6) is 5.75 Å². The molecule has 0 N–H and O–H groups in total. The van der Waals surface area contributed by atoms with Crippen molar-refractivity contribution in [2.24, 2.45) is 0 Å². The van der Waals surface area contributed by atoms with Crippen molar-refractivity contribution in [2.75, 3.05) is 7.11 Å². The Morgan fingerprint density at radius 3 is 2.20 bits per heavy atom. The maximum Gasteiger partial charge on any atom is 0.218 e. The van der Waals surface area contributed by atoms with Gasteiger partial charge in [-0.05, 0) is 48.2 Å². The van der Waals surface area contributed by atoms with Gasteiger partial charge in [-0.15, -0.1) is 0 Å². The van der Waals surface area contributed by atoms with E-state index in [1.807, 2.05) is 30.3 Å². The molecule has 5 nitrogen and oxygen atoms in total. The molecule has 0 radical (unpaired) electrons. The molecule has 130 valence electrons. The van der Waals surface area contributed by atoms with Crippen molar-refractivity contribution in [3.05, 3.63) is 65.2 Å². The number of nitrogens with zero attached hydrogens (tertiary/aromatic N) is 2. The van der Waals surface area contributed by atoms with E-state index in [9.17, 15) is 8.42 Å². The van der Waals surface area contributed by atoms with Crippen LogP contribution in [0, 0.1) is 11.3 Å². The number of hydrogen-bond donors (Lipinski definition) is 0. The third kappa shape index (κ3) is 4.38. The van der Waals surface area contributed by atoms with Crippen LogP contribution in [0.2, 0.25) is 0 Å². The Labute approximate surface area is 148 Å². The number of benzene rings is 2. The van der Waals surface area contributed by atoms with Gasteiger partial charge in [0.25, 0.3) is 0 Å². The van der Waals surface area contributed by atoms with Gasteiger partial charge in [0, 0.05) is 12.6 Å². The largest absolute Gasteiger partial charge is 0.497 e. The highest BCUT2D eigenvalue weighted by Gasteiger charge is 2.37. The van der Waals surface area contributed by atoms with E-state index in [0.29, 0.717) is 17.7 Å². The first-order valence-corrected chi connectivity index (χ1v) is 9.74. The molecule has 0 aliphatic heterocycles. The summed E-state index contributed by atoms with van der Waals surface area (Å²) < 4.78 is 32.5. The lowest BCUT2D eigenvalue weighted by atomic mass is 10.2. The summed E-state index contributed by atoms with van der Waals surface area (Å²) >= 11 is 0. The quantitative estimate of drug-likeness (QED) is 0.764. The van der Waals surface area contributed by atoms with Gasteiger partial charge in [0.05, 0.1) is 24.5 Å². The smallest absolute Gasteiger partial charge is 0.218 e. The molecule has 0 amide bonds. The third-order valence-electron chi connectivity index (χ3n) is 4.24. The van der Waals surface area contributed by atoms with Crippen LogP contribution >= 0.6 is 0 Å². The number of nitriles is 1. The monoisotopic (exact) mass is 356 g/mol. The summed E-state index contributed by atoms with van der Waals surface area (Å²) in [6.07, 6.45) is 1.81. The van der Waals surface area contributed by atoms with Crippen LogP contribution in [0.1, 0.15) is 29.5 Å². The van der Waals surface area contributed by atoms with Crippen molar-refractivity contribution < 1.29 is 13.2 Å². The molecule has 0 saturated heterocycles. The van der Waals surface area contributed by atoms with Gasteiger partial charge in [-0.1, -0.05) is 24.3 Å². The molecule has 25 heavy (non-hydrogen) atoms. The van der Waals surface area contributed by atoms with Gasteiger partial charge >= 0.3 is 0 Å². The molecule has 0 unspecified atom stereocenters. The van der Waals surface area contributed by atoms with Crippen molar-refractivity contribution in [2.45, 2.75) is 31.2 Å². The summed E-state index contributed by atoms with van der Waals surface area (Å²) in [5.74, 6) is 0.702. The first kappa shape index (κ1) is 17.5. The highest BCUT2D eigenvalue weighted by atomic mass is 32.2. The summed E-state index contributed by atoms with van der Waals surface area (Å²) in [5.41, 5.74) is 2.16. The molecule has 2 aromatic carbocycles. The molecule has 2 aromatic rings. The van der Waals surface area contributed by atoms with Gasteiger partial charge in [0.15, 0.2) is 0 Å². The number of sulfonamides is 1. The Hall–Kier alpha value is -2.36. The number of rotatable bonds is 7. The second-order valence-corrected chi connectivity index (χ2v) is 8.11. The summed E-state index contributed by atoms with van der Waals surface area (Å²) in [5, 5.41) is 8.85. The molecular formula is C19H20N2O3S. The van der Waals surface area contributed by atoms with Gasteiger partial charge in [-0.2, -0.15) is 9.57 Å². The van der Waals surface area contributed by atoms with Crippen LogP contribution < -0.4 is 4.74 Å². The number of ether oxygens (including phenoxy) is 1. The Kier molecular flexibility index (Phi) is 5.07. The van der Waals surface area contributed by atoms with Gasteiger partial charge in [0.2, 0.25) is 10.0 Å². The maximum absolute atomic E-state index is 12.9. The SMILES string of the molecule is COc1ccc(CN(C2CC2)S(=O)(=O)Cc2ccc(C#N)cc2)cc1. The Morgan fingerprint density at radius 1 is 1.08 bits per heavy atom. The van der Waals surface area contributed by atoms with Crippen molar-refractivity contribution in [1.82, 2.24) is 4.31 Å². The third-order valence-corrected chi connectivity index (χ3v) is 6.08. The van der Waals surface area contributed by atoms with E-state index in [1.165, 1.54) is 0 Å². The van der Waals surface area contributed by atoms with Crippen LogP contribution in [0.15, 0.2) is 48.5 Å². The maximum atomic E-state index is 12.9. The molecule has 1 aliphatic carbocycles. The average molecular weight is 356 g/mol. The van der Waals surface area contributed by atoms with Crippen molar-refractivity contribution in [3.8, 4) is 11.8 Å². The lowest BCUT2D eigenvalue weighted by molar-refractivity contribution is 0.396. The molecule has 0 atom stereocenters. The fraction of sp³-hybridized carbons (Fsp3) is 0.316. The Bertz CT molecular complexity index is 864. The first-order chi connectivity index (χ1) is 12.0. The van der Waals surface area contributed by atoms with Crippen molar-refractivity contribution in [1.29, 1.82) is 5.26 Å². The predicted octanol–water partition coefficient (Wildman–Crippen LogP) is 3.06. The Balaban J connectivity index is 1.77. The molecule has 1 fully saturated rings. The Morgan fingerprint density at radius 2 is 1.68 bits per heavy atom. The van der Waals surface area contributed by atoms with E-state index < -0.39 is 10.0 Å². The number of methoxy groups -OCH3 is 1. The molecule has 3 rings (SSSR count). The normalized spacial score (nSPS) is 14.3. The van der Waals surface area contributed by atoms with E-state index in [-0.39, 0.29) is 11.8 Å². The minimum Gasteiger partial charge on any atom is -0.497 e. The minimum absolute atomic E-state index is 0.0502. The second kappa shape index (κ2) is 7.26. The van der Waals surface area contributed by atoms with E-state index >= 15 is 0 Å². The van der Waals surface area contributed by atoms with E-state index in [1.54, 1.807) is 35.7 Å². The van der Waals surface area contributed by atoms with Crippen molar-refractivity contribution in [3.63, 3.8) is 0 Å². The molecule has 1 saturated carbocycles. The summed E-state index contributed by atoms with van der Waals surface area (Å²) in [6, 6.07) is 16.3. The predicted molar refractivity (Wildman–Crippen MR) is 95.3 cm³/mol. The fourth-order valence-electron chi connectivity index (χ4n) is 2.70. The molecule has 0 aromatic heterocycles. The van der Waals surface area contributed by atoms with Crippen LogP contribution in [0.3, 0.4) is 0 Å². The van der Waals surface area contributed by atoms with Gasteiger partial charge in [-0.25, -0.2) is 8.42 Å². The fourth-order valence-corrected chi connectivity index (χ4v) is 4.49. The highest BCUT2D eigenvalue weighted by Crippen LogP contribution is 2.32. The lowest BCUT2D eigenvalue weighted by Crippen LogP contribution is -2.33. The molecular weight excluding hydrogens is 336 g/mol. The minimum atomic E-state index is -3.43. The van der Waals surface area contributed by atoms with E-state index in [2.05, 4.69) is 0 Å². The van der Waals surface area contributed by atoms with Crippen LogP contribution in [0.4, 0.5) is 0 Å². The standard InChI is InChI=1S/C19H20N2O3S/c1-24-19-10-6-16(7-11-19)13-21(18-8-9-18)25(22,23)14-17-4-2-15(12-20)3-5-17/h2-7,10-11,18H,8-9,13-14H2,1H3. The second-order valence-electron chi connectivity index (χ2n) is 6.19. The van der Waals surface area contributed by atoms with Crippen LogP contribution in [-0.2, 0) is 22.3 Å². The van der Waals surface area contributed by atoms with Gasteiger partial charge in [-0.3, -0.25) is 0 Å². The lowest BCUT2D eigenvalue weighted by Gasteiger charge is -2.22. The topological polar surface area (TPSA) is 70.4 Å². The van der Waals surface area contributed by atoms with Crippen LogP contribution in [-0.4, -0.2) is 25.9 Å². The molecule has 1 aliphatic rings. The summed E-state index contributed by atoms with van der Waals surface area (Å²) in [4.78, 5) is 0. The average Bonchev–Trinajstić information content (AvgIpc) is 3.45. The summed E-state index contributed by atoms with van der Waals surface area (Å²) in [7, 11) is -1.82. The highest BCUT2D eigenvalue weighted by molar-refractivity contribution is 7.88. The molecule has 6 heteroatoms. The van der Waals surface area contributed by atoms with E-state index in [4.69, 9.17) is 10.00 Å². The number of hydrogen-bond acceptors (Lipinski definition) is 4. The first-order valence-electron chi connectivity index (χ1n) is 8.13. The van der Waals surface area contributed by atoms with Gasteiger partial charge in [0.1, 0.15) is 5.75 Å². The van der Waals surface area contributed by atoms with Crippen LogP contribution in [0.25, 0.3) is 0 Å². The van der Waals surface area contributed by atoms with Crippen molar-refractivity contribution >= 4 is 10.0 Å².